The van der Waals surface area contributed by atoms with Gasteiger partial charge < -0.3 is 15.0 Å². The third-order valence-electron chi connectivity index (χ3n) is 5.29. The zero-order valence-electron chi connectivity index (χ0n) is 17.6. The van der Waals surface area contributed by atoms with Gasteiger partial charge in [0.2, 0.25) is 5.91 Å². The van der Waals surface area contributed by atoms with Gasteiger partial charge in [0.25, 0.3) is 5.91 Å². The molecular weight excluding hydrogens is 426 g/mol. The summed E-state index contributed by atoms with van der Waals surface area (Å²) in [5.41, 5.74) is 1.09. The van der Waals surface area contributed by atoms with Crippen molar-refractivity contribution in [3.63, 3.8) is 0 Å². The molecule has 1 aliphatic heterocycles. The van der Waals surface area contributed by atoms with Gasteiger partial charge in [-0.1, -0.05) is 24.3 Å². The first-order chi connectivity index (χ1) is 15.6. The monoisotopic (exact) mass is 449 g/mol. The molecule has 0 spiro atoms. The topological polar surface area (TPSA) is 79.0 Å². The molecule has 0 bridgehead atoms. The number of hydrogen-bond acceptors (Lipinski definition) is 5. The van der Waals surface area contributed by atoms with Crippen LogP contribution in [0, 0.1) is 0 Å². The van der Waals surface area contributed by atoms with E-state index < -0.39 is 18.0 Å². The Morgan fingerprint density at radius 3 is 2.50 bits per heavy atom. The number of hydrogen-bond donors (Lipinski definition) is 1. The fourth-order valence-corrected chi connectivity index (χ4v) is 4.36. The van der Waals surface area contributed by atoms with Crippen molar-refractivity contribution in [3.05, 3.63) is 77.0 Å². The Bertz CT molecular complexity index is 1080. The van der Waals surface area contributed by atoms with Crippen LogP contribution in [0.1, 0.15) is 11.3 Å². The molecule has 1 unspecified atom stereocenters. The molecule has 1 N–H and O–H groups in total. The fourth-order valence-electron chi connectivity index (χ4n) is 3.66. The predicted octanol–water partition coefficient (Wildman–Crippen LogP) is 4.17. The molecule has 4 amide bonds. The molecule has 0 aliphatic carbocycles. The molecule has 2 aromatic carbocycles. The number of rotatable bonds is 7. The molecule has 1 aromatic heterocycles. The van der Waals surface area contributed by atoms with Gasteiger partial charge in [0.05, 0.1) is 19.2 Å². The number of methoxy groups -OCH3 is 1. The lowest BCUT2D eigenvalue weighted by Crippen LogP contribution is -2.48. The Labute approximate surface area is 190 Å². The molecule has 0 saturated carbocycles. The Morgan fingerprint density at radius 2 is 1.84 bits per heavy atom. The van der Waals surface area contributed by atoms with Crippen LogP contribution in [0.2, 0.25) is 0 Å². The lowest BCUT2D eigenvalue weighted by molar-refractivity contribution is -0.122. The highest BCUT2D eigenvalue weighted by Gasteiger charge is 2.44. The predicted molar refractivity (Wildman–Crippen MR) is 124 cm³/mol. The van der Waals surface area contributed by atoms with E-state index in [-0.39, 0.29) is 12.3 Å². The van der Waals surface area contributed by atoms with Crippen LogP contribution in [0.5, 0.6) is 5.75 Å². The number of carbonyl (C=O) groups is 3. The second-order valence-corrected chi connectivity index (χ2v) is 8.34. The average Bonchev–Trinajstić information content (AvgIpc) is 3.43. The number of nitrogens with one attached hydrogen (secondary N) is 1. The Kier molecular flexibility index (Phi) is 6.51. The van der Waals surface area contributed by atoms with E-state index >= 15 is 0 Å². The van der Waals surface area contributed by atoms with E-state index in [1.54, 1.807) is 54.8 Å². The highest BCUT2D eigenvalue weighted by atomic mass is 32.1. The fraction of sp³-hybridized carbons (Fsp3) is 0.208. The Balaban J connectivity index is 1.56. The van der Waals surface area contributed by atoms with E-state index in [1.807, 2.05) is 35.7 Å². The SMILES string of the molecule is COc1ccc(N2C(=O)CC(N(CCc3cccs3)C(=O)Nc3ccccc3)C2=O)cc1. The number of para-hydroxylation sites is 1. The van der Waals surface area contributed by atoms with Crippen molar-refractivity contribution in [1.29, 1.82) is 0 Å². The van der Waals surface area contributed by atoms with Gasteiger partial charge in [-0.3, -0.25) is 9.59 Å². The smallest absolute Gasteiger partial charge is 0.322 e. The molecule has 1 aliphatic rings. The zero-order chi connectivity index (χ0) is 22.5. The third-order valence-corrected chi connectivity index (χ3v) is 6.23. The van der Waals surface area contributed by atoms with Crippen molar-refractivity contribution in [3.8, 4) is 5.75 Å². The number of anilines is 2. The van der Waals surface area contributed by atoms with Crippen molar-refractivity contribution in [2.24, 2.45) is 0 Å². The van der Waals surface area contributed by atoms with Crippen molar-refractivity contribution >= 4 is 40.6 Å². The van der Waals surface area contributed by atoms with Crippen LogP contribution in [-0.2, 0) is 16.0 Å². The first kappa shape index (κ1) is 21.6. The van der Waals surface area contributed by atoms with Crippen molar-refractivity contribution < 1.29 is 19.1 Å². The zero-order valence-corrected chi connectivity index (χ0v) is 18.4. The van der Waals surface area contributed by atoms with Crippen molar-refractivity contribution in [2.45, 2.75) is 18.9 Å². The van der Waals surface area contributed by atoms with Gasteiger partial charge in [0, 0.05) is 17.1 Å². The summed E-state index contributed by atoms with van der Waals surface area (Å²) in [6.07, 6.45) is 0.540. The second kappa shape index (κ2) is 9.65. The molecule has 7 nitrogen and oxygen atoms in total. The molecule has 1 atom stereocenters. The molecule has 1 saturated heterocycles. The molecular formula is C24H23N3O4S. The van der Waals surface area contributed by atoms with Crippen LogP contribution in [0.25, 0.3) is 0 Å². The van der Waals surface area contributed by atoms with Gasteiger partial charge in [-0.25, -0.2) is 9.69 Å². The van der Waals surface area contributed by atoms with Crippen LogP contribution < -0.4 is 15.0 Å². The first-order valence-electron chi connectivity index (χ1n) is 10.2. The molecule has 4 rings (SSSR count). The first-order valence-corrected chi connectivity index (χ1v) is 11.1. The molecule has 164 valence electrons. The van der Waals surface area contributed by atoms with E-state index in [4.69, 9.17) is 4.74 Å². The molecule has 2 heterocycles. The van der Waals surface area contributed by atoms with E-state index in [0.717, 1.165) is 9.78 Å². The molecule has 3 aromatic rings. The Morgan fingerprint density at radius 1 is 1.09 bits per heavy atom. The summed E-state index contributed by atoms with van der Waals surface area (Å²) in [6.45, 7) is 0.319. The normalized spacial score (nSPS) is 15.7. The van der Waals surface area contributed by atoms with Crippen molar-refractivity contribution in [1.82, 2.24) is 4.90 Å². The summed E-state index contributed by atoms with van der Waals surface area (Å²) in [6, 6.07) is 18.4. The average molecular weight is 450 g/mol. The maximum Gasteiger partial charge on any atom is 0.322 e. The molecule has 8 heteroatoms. The molecule has 1 fully saturated rings. The quantitative estimate of drug-likeness (QED) is 0.549. The van der Waals surface area contributed by atoms with E-state index in [2.05, 4.69) is 5.32 Å². The number of imide groups is 1. The maximum atomic E-state index is 13.3. The summed E-state index contributed by atoms with van der Waals surface area (Å²) in [4.78, 5) is 43.0. The number of amides is 4. The summed E-state index contributed by atoms with van der Waals surface area (Å²) < 4.78 is 5.15. The van der Waals surface area contributed by atoms with Crippen LogP contribution in [0.3, 0.4) is 0 Å². The number of benzene rings is 2. The molecule has 0 radical (unpaired) electrons. The van der Waals surface area contributed by atoms with Crippen molar-refractivity contribution in [2.75, 3.05) is 23.9 Å². The minimum absolute atomic E-state index is 0.0580. The van der Waals surface area contributed by atoms with Gasteiger partial charge >= 0.3 is 6.03 Å². The summed E-state index contributed by atoms with van der Waals surface area (Å²) in [5, 5.41) is 4.82. The number of ether oxygens (including phenoxy) is 1. The van der Waals surface area contributed by atoms with E-state index in [9.17, 15) is 14.4 Å². The number of thiophene rings is 1. The second-order valence-electron chi connectivity index (χ2n) is 7.30. The standard InChI is InChI=1S/C24H23N3O4S/c1-31-19-11-9-18(10-12-19)27-22(28)16-21(23(27)29)26(14-13-20-8-5-15-32-20)24(30)25-17-6-3-2-4-7-17/h2-12,15,21H,13-14,16H2,1H3,(H,25,30). The Hall–Kier alpha value is -3.65. The number of carbonyl (C=O) groups excluding carboxylic acids is 3. The van der Waals surface area contributed by atoms with Crippen LogP contribution in [0.4, 0.5) is 16.2 Å². The largest absolute Gasteiger partial charge is 0.497 e. The van der Waals surface area contributed by atoms with Crippen LogP contribution in [0.15, 0.2) is 72.1 Å². The number of urea groups is 1. The summed E-state index contributed by atoms with van der Waals surface area (Å²) in [5.74, 6) is -0.113. The van der Waals surface area contributed by atoms with Gasteiger partial charge in [0.1, 0.15) is 11.8 Å². The van der Waals surface area contributed by atoms with E-state index in [0.29, 0.717) is 30.1 Å². The van der Waals surface area contributed by atoms with Gasteiger partial charge in [-0.2, -0.15) is 0 Å². The van der Waals surface area contributed by atoms with Crippen LogP contribution >= 0.6 is 11.3 Å². The minimum atomic E-state index is -0.867. The highest BCUT2D eigenvalue weighted by Crippen LogP contribution is 2.28. The lowest BCUT2D eigenvalue weighted by Gasteiger charge is -2.27. The maximum absolute atomic E-state index is 13.3. The van der Waals surface area contributed by atoms with Gasteiger partial charge in [0.15, 0.2) is 0 Å². The number of nitrogens with zero attached hydrogens (tertiary/aromatic N) is 2. The molecule has 32 heavy (non-hydrogen) atoms. The van der Waals surface area contributed by atoms with Crippen LogP contribution in [-0.4, -0.2) is 42.4 Å². The van der Waals surface area contributed by atoms with E-state index in [1.165, 1.54) is 4.90 Å². The summed E-state index contributed by atoms with van der Waals surface area (Å²) in [7, 11) is 1.55. The lowest BCUT2D eigenvalue weighted by atomic mass is 10.2. The van der Waals surface area contributed by atoms with Gasteiger partial charge in [-0.15, -0.1) is 11.3 Å². The summed E-state index contributed by atoms with van der Waals surface area (Å²) >= 11 is 1.59. The third kappa shape index (κ3) is 4.65. The minimum Gasteiger partial charge on any atom is -0.497 e. The highest BCUT2D eigenvalue weighted by molar-refractivity contribution is 7.09. The van der Waals surface area contributed by atoms with Gasteiger partial charge in [-0.05, 0) is 54.3 Å².